The highest BCUT2D eigenvalue weighted by atomic mass is 35.5. The van der Waals surface area contributed by atoms with Crippen LogP contribution in [-0.2, 0) is 0 Å². The summed E-state index contributed by atoms with van der Waals surface area (Å²) in [7, 11) is 0. The number of hydrogen-bond donors (Lipinski definition) is 1. The molecule has 0 aliphatic heterocycles. The van der Waals surface area contributed by atoms with Crippen LogP contribution in [0.25, 0.3) is 21.8 Å². The topological polar surface area (TPSA) is 42.2 Å². The minimum Gasteiger partial charge on any atom is -0.428 e. The Morgan fingerprint density at radius 1 is 0.889 bits per heavy atom. The van der Waals surface area contributed by atoms with Crippen molar-refractivity contribution in [1.82, 2.24) is 4.73 Å². The standard InChI is InChI=1S/C13H7Cl2NO2/c14-7-1-3-9-11(5-7)16(18)12-6-8(15)2-4-10(12)13(9)17/h1-6,18H. The molecule has 0 saturated heterocycles. The Morgan fingerprint density at radius 3 is 1.78 bits per heavy atom. The smallest absolute Gasteiger partial charge is 0.197 e. The van der Waals surface area contributed by atoms with Gasteiger partial charge in [0.15, 0.2) is 5.43 Å². The van der Waals surface area contributed by atoms with E-state index >= 15 is 0 Å². The van der Waals surface area contributed by atoms with Gasteiger partial charge < -0.3 is 5.21 Å². The zero-order valence-corrected chi connectivity index (χ0v) is 10.5. The van der Waals surface area contributed by atoms with Gasteiger partial charge in [-0.3, -0.25) is 4.79 Å². The Labute approximate surface area is 112 Å². The molecule has 0 aliphatic carbocycles. The number of fused-ring (bicyclic) bond motifs is 2. The zero-order chi connectivity index (χ0) is 12.9. The lowest BCUT2D eigenvalue weighted by Gasteiger charge is -2.09. The predicted octanol–water partition coefficient (Wildman–Crippen LogP) is 3.70. The van der Waals surface area contributed by atoms with E-state index < -0.39 is 0 Å². The number of aromatic nitrogens is 1. The third kappa shape index (κ3) is 1.55. The van der Waals surface area contributed by atoms with Crippen LogP contribution in [0.1, 0.15) is 0 Å². The molecular formula is C13H7Cl2NO2. The molecule has 0 radical (unpaired) electrons. The van der Waals surface area contributed by atoms with Crippen LogP contribution in [-0.4, -0.2) is 9.94 Å². The van der Waals surface area contributed by atoms with Crippen LogP contribution in [0, 0.1) is 0 Å². The molecule has 1 heterocycles. The maximum atomic E-state index is 12.3. The van der Waals surface area contributed by atoms with Crippen LogP contribution in [0.4, 0.5) is 0 Å². The molecule has 18 heavy (non-hydrogen) atoms. The summed E-state index contributed by atoms with van der Waals surface area (Å²) in [6, 6.07) is 9.51. The molecule has 3 nitrogen and oxygen atoms in total. The Hall–Kier alpha value is -1.71. The molecule has 1 N–H and O–H groups in total. The second kappa shape index (κ2) is 3.90. The lowest BCUT2D eigenvalue weighted by molar-refractivity contribution is 0.211. The summed E-state index contributed by atoms with van der Waals surface area (Å²) in [6.45, 7) is 0. The minimum atomic E-state index is -0.154. The Kier molecular flexibility index (Phi) is 2.47. The van der Waals surface area contributed by atoms with Crippen molar-refractivity contribution >= 4 is 45.0 Å². The van der Waals surface area contributed by atoms with E-state index in [2.05, 4.69) is 0 Å². The third-order valence-electron chi connectivity index (χ3n) is 2.87. The highest BCUT2D eigenvalue weighted by Gasteiger charge is 2.10. The van der Waals surface area contributed by atoms with Gasteiger partial charge in [-0.25, -0.2) is 0 Å². The summed E-state index contributed by atoms with van der Waals surface area (Å²) in [5, 5.41) is 11.9. The van der Waals surface area contributed by atoms with E-state index in [0.717, 1.165) is 4.73 Å². The SMILES string of the molecule is O=c1c2ccc(Cl)cc2n(O)c2cc(Cl)ccc12. The maximum absolute atomic E-state index is 12.3. The summed E-state index contributed by atoms with van der Waals surface area (Å²) in [5.41, 5.74) is 0.572. The van der Waals surface area contributed by atoms with Gasteiger partial charge in [0.25, 0.3) is 0 Å². The molecule has 2 aromatic carbocycles. The second-order valence-electron chi connectivity index (χ2n) is 3.96. The summed E-state index contributed by atoms with van der Waals surface area (Å²) in [6.07, 6.45) is 0. The summed E-state index contributed by atoms with van der Waals surface area (Å²) < 4.78 is 0.934. The lowest BCUT2D eigenvalue weighted by Crippen LogP contribution is -2.09. The Morgan fingerprint density at radius 2 is 1.33 bits per heavy atom. The fraction of sp³-hybridized carbons (Fsp3) is 0. The maximum Gasteiger partial charge on any atom is 0.197 e. The number of nitrogens with zero attached hydrogens (tertiary/aromatic N) is 1. The Bertz CT molecular complexity index is 774. The van der Waals surface area contributed by atoms with Crippen molar-refractivity contribution in [3.8, 4) is 0 Å². The van der Waals surface area contributed by atoms with Gasteiger partial charge in [-0.1, -0.05) is 23.2 Å². The van der Waals surface area contributed by atoms with Gasteiger partial charge in [-0.15, -0.1) is 0 Å². The molecule has 0 amide bonds. The number of pyridine rings is 1. The summed E-state index contributed by atoms with van der Waals surface area (Å²) in [5.74, 6) is 0. The molecule has 5 heteroatoms. The summed E-state index contributed by atoms with van der Waals surface area (Å²) in [4.78, 5) is 12.3. The van der Waals surface area contributed by atoms with Crippen LogP contribution in [0.15, 0.2) is 41.2 Å². The molecule has 3 aromatic rings. The average Bonchev–Trinajstić information content (AvgIpc) is 2.35. The van der Waals surface area contributed by atoms with Crippen molar-refractivity contribution in [1.29, 1.82) is 0 Å². The van der Waals surface area contributed by atoms with Gasteiger partial charge in [0.05, 0.1) is 11.0 Å². The first kappa shape index (κ1) is 11.4. The third-order valence-corrected chi connectivity index (χ3v) is 3.34. The highest BCUT2D eigenvalue weighted by molar-refractivity contribution is 6.31. The molecule has 0 bridgehead atoms. The van der Waals surface area contributed by atoms with Crippen molar-refractivity contribution in [2.24, 2.45) is 0 Å². The quantitative estimate of drug-likeness (QED) is 0.504. The lowest BCUT2D eigenvalue weighted by atomic mass is 10.1. The molecule has 0 fully saturated rings. The fourth-order valence-corrected chi connectivity index (χ4v) is 2.35. The average molecular weight is 280 g/mol. The molecule has 3 rings (SSSR count). The largest absolute Gasteiger partial charge is 0.428 e. The first-order chi connectivity index (χ1) is 8.58. The second-order valence-corrected chi connectivity index (χ2v) is 4.84. The predicted molar refractivity (Wildman–Crippen MR) is 72.9 cm³/mol. The molecular weight excluding hydrogens is 273 g/mol. The summed E-state index contributed by atoms with van der Waals surface area (Å²) >= 11 is 11.7. The van der Waals surface area contributed by atoms with E-state index in [-0.39, 0.29) is 5.43 Å². The van der Waals surface area contributed by atoms with Crippen molar-refractivity contribution in [2.45, 2.75) is 0 Å². The number of hydrogen-bond acceptors (Lipinski definition) is 2. The highest BCUT2D eigenvalue weighted by Crippen LogP contribution is 2.23. The normalized spacial score (nSPS) is 11.2. The zero-order valence-electron chi connectivity index (χ0n) is 9.02. The van der Waals surface area contributed by atoms with Crippen LogP contribution in [0.2, 0.25) is 10.0 Å². The van der Waals surface area contributed by atoms with Crippen LogP contribution in [0.5, 0.6) is 0 Å². The van der Waals surface area contributed by atoms with Crippen LogP contribution >= 0.6 is 23.2 Å². The molecule has 1 aromatic heterocycles. The minimum absolute atomic E-state index is 0.154. The molecule has 90 valence electrons. The van der Waals surface area contributed by atoms with E-state index in [0.29, 0.717) is 31.9 Å². The van der Waals surface area contributed by atoms with Crippen molar-refractivity contribution in [3.05, 3.63) is 56.7 Å². The molecule has 0 aliphatic rings. The van der Waals surface area contributed by atoms with Gasteiger partial charge in [0.1, 0.15) is 0 Å². The van der Waals surface area contributed by atoms with E-state index in [1.807, 2.05) is 0 Å². The van der Waals surface area contributed by atoms with Crippen molar-refractivity contribution in [2.75, 3.05) is 0 Å². The van der Waals surface area contributed by atoms with Crippen molar-refractivity contribution in [3.63, 3.8) is 0 Å². The van der Waals surface area contributed by atoms with E-state index in [1.165, 1.54) is 0 Å². The number of halogens is 2. The Balaban J connectivity index is 2.65. The van der Waals surface area contributed by atoms with Crippen molar-refractivity contribution < 1.29 is 5.21 Å². The molecule has 0 unspecified atom stereocenters. The first-order valence-electron chi connectivity index (χ1n) is 5.21. The number of rotatable bonds is 0. The molecule has 0 atom stereocenters. The number of benzene rings is 2. The molecule has 0 spiro atoms. The van der Waals surface area contributed by atoms with Gasteiger partial charge in [-0.05, 0) is 36.4 Å². The fourth-order valence-electron chi connectivity index (χ4n) is 2.02. The van der Waals surface area contributed by atoms with Gasteiger partial charge in [0, 0.05) is 20.8 Å². The van der Waals surface area contributed by atoms with E-state index in [9.17, 15) is 10.0 Å². The van der Waals surface area contributed by atoms with Gasteiger partial charge >= 0.3 is 0 Å². The monoisotopic (exact) mass is 279 g/mol. The van der Waals surface area contributed by atoms with Gasteiger partial charge in [0.2, 0.25) is 0 Å². The van der Waals surface area contributed by atoms with E-state index in [4.69, 9.17) is 23.2 Å². The first-order valence-corrected chi connectivity index (χ1v) is 5.96. The van der Waals surface area contributed by atoms with Crippen LogP contribution in [0.3, 0.4) is 0 Å². The van der Waals surface area contributed by atoms with E-state index in [1.54, 1.807) is 36.4 Å². The molecule has 0 saturated carbocycles. The van der Waals surface area contributed by atoms with Gasteiger partial charge in [-0.2, -0.15) is 4.73 Å². The van der Waals surface area contributed by atoms with Crippen LogP contribution < -0.4 is 5.43 Å².